The minimum absolute atomic E-state index is 0.0700. The van der Waals surface area contributed by atoms with Crippen LogP contribution in [0.15, 0.2) is 77.2 Å². The summed E-state index contributed by atoms with van der Waals surface area (Å²) in [6.07, 6.45) is 0.452. The second-order valence-electron chi connectivity index (χ2n) is 6.70. The van der Waals surface area contributed by atoms with Crippen molar-refractivity contribution in [3.05, 3.63) is 78.4 Å². The van der Waals surface area contributed by atoms with Gasteiger partial charge in [0.1, 0.15) is 11.3 Å². The Balaban J connectivity index is 1.34. The number of Topliss-reactive ketones (excluding diaryl/α,β-unsaturated/α-hetero) is 1. The number of amides is 1. The number of nitrogens with one attached hydrogen (secondary N) is 1. The van der Waals surface area contributed by atoms with Crippen molar-refractivity contribution >= 4 is 28.5 Å². The Bertz CT molecular complexity index is 1150. The smallest absolute Gasteiger partial charge is 0.262 e. The normalized spacial score (nSPS) is 10.7. The van der Waals surface area contributed by atoms with E-state index in [1.807, 2.05) is 43.3 Å². The van der Waals surface area contributed by atoms with E-state index in [2.05, 4.69) is 10.3 Å². The summed E-state index contributed by atoms with van der Waals surface area (Å²) < 4.78 is 11.2. The summed E-state index contributed by atoms with van der Waals surface area (Å²) in [6.45, 7) is 1.69. The van der Waals surface area contributed by atoms with Crippen LogP contribution in [0.25, 0.3) is 22.6 Å². The molecule has 3 aromatic carbocycles. The van der Waals surface area contributed by atoms with Gasteiger partial charge in [0.15, 0.2) is 18.0 Å². The summed E-state index contributed by atoms with van der Waals surface area (Å²) in [5, 5.41) is 2.79. The lowest BCUT2D eigenvalue weighted by molar-refractivity contribution is -0.118. The van der Waals surface area contributed by atoms with Crippen LogP contribution in [0, 0.1) is 0 Å². The van der Waals surface area contributed by atoms with E-state index in [9.17, 15) is 9.59 Å². The van der Waals surface area contributed by atoms with E-state index in [1.165, 1.54) is 0 Å². The number of rotatable bonds is 7. The fourth-order valence-electron chi connectivity index (χ4n) is 2.98. The molecule has 1 heterocycles. The van der Waals surface area contributed by atoms with Gasteiger partial charge in [-0.15, -0.1) is 0 Å². The number of ketones is 1. The number of hydrogen-bond acceptors (Lipinski definition) is 5. The number of benzene rings is 3. The highest BCUT2D eigenvalue weighted by molar-refractivity contribution is 5.96. The number of fused-ring (bicyclic) bond motifs is 1. The van der Waals surface area contributed by atoms with Crippen LogP contribution < -0.4 is 10.1 Å². The first kappa shape index (κ1) is 19.4. The molecular formula is C24H20N2O4. The maximum Gasteiger partial charge on any atom is 0.262 e. The topological polar surface area (TPSA) is 81.4 Å². The Hall–Kier alpha value is -3.93. The van der Waals surface area contributed by atoms with Crippen LogP contribution in [0.4, 0.5) is 5.69 Å². The van der Waals surface area contributed by atoms with E-state index >= 15 is 0 Å². The van der Waals surface area contributed by atoms with Crippen molar-refractivity contribution in [3.8, 4) is 17.2 Å². The fourth-order valence-corrected chi connectivity index (χ4v) is 2.98. The van der Waals surface area contributed by atoms with Gasteiger partial charge in [0, 0.05) is 23.2 Å². The number of aromatic nitrogens is 1. The third-order valence-electron chi connectivity index (χ3n) is 4.58. The standard InChI is InChI=1S/C24H20N2O4/c1-2-21(27)16-9-13-19(14-10-16)29-15-23(28)25-18-11-7-17(8-12-18)24-26-20-5-3-4-6-22(20)30-24/h3-14H,2,15H2,1H3,(H,25,28). The molecule has 30 heavy (non-hydrogen) atoms. The molecule has 0 unspecified atom stereocenters. The quantitative estimate of drug-likeness (QED) is 0.436. The van der Waals surface area contributed by atoms with Crippen LogP contribution in [-0.2, 0) is 4.79 Å². The van der Waals surface area contributed by atoms with E-state index in [0.717, 1.165) is 16.7 Å². The van der Waals surface area contributed by atoms with Crippen molar-refractivity contribution in [1.82, 2.24) is 4.98 Å². The van der Waals surface area contributed by atoms with Crippen LogP contribution in [-0.4, -0.2) is 23.3 Å². The summed E-state index contributed by atoms with van der Waals surface area (Å²) in [4.78, 5) is 28.3. The molecule has 150 valence electrons. The van der Waals surface area contributed by atoms with Gasteiger partial charge in [0.05, 0.1) is 0 Å². The van der Waals surface area contributed by atoms with Crippen molar-refractivity contribution in [2.75, 3.05) is 11.9 Å². The van der Waals surface area contributed by atoms with Crippen LogP contribution in [0.2, 0.25) is 0 Å². The van der Waals surface area contributed by atoms with Gasteiger partial charge < -0.3 is 14.5 Å². The Morgan fingerprint density at radius 1 is 0.967 bits per heavy atom. The maximum absolute atomic E-state index is 12.2. The van der Waals surface area contributed by atoms with E-state index in [1.54, 1.807) is 36.4 Å². The molecule has 0 bridgehead atoms. The Labute approximate surface area is 173 Å². The van der Waals surface area contributed by atoms with E-state index < -0.39 is 0 Å². The summed E-state index contributed by atoms with van der Waals surface area (Å²) in [7, 11) is 0. The highest BCUT2D eigenvalue weighted by Gasteiger charge is 2.09. The van der Waals surface area contributed by atoms with Gasteiger partial charge in [-0.05, 0) is 60.7 Å². The van der Waals surface area contributed by atoms with Gasteiger partial charge in [-0.2, -0.15) is 0 Å². The van der Waals surface area contributed by atoms with E-state index in [4.69, 9.17) is 9.15 Å². The van der Waals surface area contributed by atoms with Crippen molar-refractivity contribution < 1.29 is 18.7 Å². The van der Waals surface area contributed by atoms with Gasteiger partial charge in [-0.1, -0.05) is 19.1 Å². The molecule has 1 amide bonds. The molecule has 0 spiro atoms. The molecule has 4 aromatic rings. The average Bonchev–Trinajstić information content (AvgIpc) is 3.22. The fraction of sp³-hybridized carbons (Fsp3) is 0.125. The van der Waals surface area contributed by atoms with Crippen LogP contribution in [0.1, 0.15) is 23.7 Å². The minimum atomic E-state index is -0.279. The number of hydrogen-bond donors (Lipinski definition) is 1. The number of oxazole rings is 1. The average molecular weight is 400 g/mol. The maximum atomic E-state index is 12.2. The zero-order valence-corrected chi connectivity index (χ0v) is 16.4. The second kappa shape index (κ2) is 8.61. The first-order valence-electron chi connectivity index (χ1n) is 9.64. The van der Waals surface area contributed by atoms with Crippen LogP contribution >= 0.6 is 0 Å². The summed E-state index contributed by atoms with van der Waals surface area (Å²) >= 11 is 0. The number of para-hydroxylation sites is 2. The van der Waals surface area contributed by atoms with Crippen LogP contribution in [0.5, 0.6) is 5.75 Å². The van der Waals surface area contributed by atoms with Crippen LogP contribution in [0.3, 0.4) is 0 Å². The van der Waals surface area contributed by atoms with Crippen molar-refractivity contribution in [1.29, 1.82) is 0 Å². The third-order valence-corrected chi connectivity index (χ3v) is 4.58. The third kappa shape index (κ3) is 4.38. The number of nitrogens with zero attached hydrogens (tertiary/aromatic N) is 1. The zero-order valence-electron chi connectivity index (χ0n) is 16.4. The molecule has 6 heteroatoms. The number of ether oxygens (including phenoxy) is 1. The summed E-state index contributed by atoms with van der Waals surface area (Å²) in [6, 6.07) is 21.6. The highest BCUT2D eigenvalue weighted by Crippen LogP contribution is 2.25. The largest absolute Gasteiger partial charge is 0.484 e. The zero-order chi connectivity index (χ0) is 20.9. The molecule has 0 saturated carbocycles. The van der Waals surface area contributed by atoms with Gasteiger partial charge in [-0.25, -0.2) is 4.98 Å². The van der Waals surface area contributed by atoms with Gasteiger partial charge in [0.2, 0.25) is 5.89 Å². The Kier molecular flexibility index (Phi) is 5.57. The lowest BCUT2D eigenvalue weighted by Gasteiger charge is -2.08. The van der Waals surface area contributed by atoms with Crippen molar-refractivity contribution in [2.45, 2.75) is 13.3 Å². The number of carbonyl (C=O) groups excluding carboxylic acids is 2. The molecular weight excluding hydrogens is 380 g/mol. The molecule has 0 aliphatic rings. The monoisotopic (exact) mass is 400 g/mol. The van der Waals surface area contributed by atoms with Crippen molar-refractivity contribution in [2.24, 2.45) is 0 Å². The predicted molar refractivity (Wildman–Crippen MR) is 115 cm³/mol. The van der Waals surface area contributed by atoms with E-state index in [-0.39, 0.29) is 18.3 Å². The van der Waals surface area contributed by atoms with Gasteiger partial charge in [0.25, 0.3) is 5.91 Å². The number of carbonyl (C=O) groups is 2. The molecule has 0 aliphatic carbocycles. The molecule has 0 saturated heterocycles. The SMILES string of the molecule is CCC(=O)c1ccc(OCC(=O)Nc2ccc(-c3nc4ccccc4o3)cc2)cc1. The Morgan fingerprint density at radius 2 is 1.70 bits per heavy atom. The number of anilines is 1. The second-order valence-corrected chi connectivity index (χ2v) is 6.70. The molecule has 0 atom stereocenters. The van der Waals surface area contributed by atoms with E-state index in [0.29, 0.717) is 29.3 Å². The lowest BCUT2D eigenvalue weighted by Crippen LogP contribution is -2.20. The molecule has 0 radical (unpaired) electrons. The first-order chi connectivity index (χ1) is 14.6. The minimum Gasteiger partial charge on any atom is -0.484 e. The summed E-state index contributed by atoms with van der Waals surface area (Å²) in [5.74, 6) is 0.852. The highest BCUT2D eigenvalue weighted by atomic mass is 16.5. The van der Waals surface area contributed by atoms with Gasteiger partial charge in [-0.3, -0.25) is 9.59 Å². The molecule has 6 nitrogen and oxygen atoms in total. The molecule has 4 rings (SSSR count). The molecule has 1 N–H and O–H groups in total. The molecule has 0 fully saturated rings. The molecule has 0 aliphatic heterocycles. The predicted octanol–water partition coefficient (Wildman–Crippen LogP) is 5.11. The van der Waals surface area contributed by atoms with Crippen molar-refractivity contribution in [3.63, 3.8) is 0 Å². The van der Waals surface area contributed by atoms with Gasteiger partial charge >= 0.3 is 0 Å². The molecule has 1 aromatic heterocycles. The summed E-state index contributed by atoms with van der Waals surface area (Å²) in [5.41, 5.74) is 3.63. The first-order valence-corrected chi connectivity index (χ1v) is 9.64. The lowest BCUT2D eigenvalue weighted by atomic mass is 10.1. The Morgan fingerprint density at radius 3 is 2.40 bits per heavy atom.